The molecule has 0 radical (unpaired) electrons. The smallest absolute Gasteiger partial charge is 0.0840 e. The molecule has 1 heterocycles. The third-order valence-corrected chi connectivity index (χ3v) is 3.68. The molecule has 0 aliphatic heterocycles. The lowest BCUT2D eigenvalue weighted by Crippen LogP contribution is -2.01. The molecule has 1 aromatic carbocycles. The van der Waals surface area contributed by atoms with Crippen LogP contribution in [0.5, 0.6) is 0 Å². The van der Waals surface area contributed by atoms with Crippen LogP contribution in [-0.4, -0.2) is 5.11 Å². The Kier molecular flexibility index (Phi) is 3.42. The minimum atomic E-state index is -0.381. The maximum absolute atomic E-state index is 10.1. The van der Waals surface area contributed by atoms with Crippen LogP contribution in [0.25, 0.3) is 0 Å². The Balaban J connectivity index is 2.10. The van der Waals surface area contributed by atoms with Crippen molar-refractivity contribution in [1.82, 2.24) is 0 Å². The van der Waals surface area contributed by atoms with Crippen LogP contribution in [0.3, 0.4) is 0 Å². The van der Waals surface area contributed by atoms with Crippen molar-refractivity contribution >= 4 is 11.3 Å². The third kappa shape index (κ3) is 2.52. The molecule has 0 amide bonds. The number of rotatable bonds is 3. The van der Waals surface area contributed by atoms with Gasteiger partial charge in [-0.15, -0.1) is 0 Å². The largest absolute Gasteiger partial charge is 0.388 e. The van der Waals surface area contributed by atoms with E-state index in [-0.39, 0.29) is 6.10 Å². The molecule has 1 N–H and O–H groups in total. The number of thiophene rings is 1. The molecule has 2 heteroatoms. The highest BCUT2D eigenvalue weighted by Gasteiger charge is 2.11. The fourth-order valence-corrected chi connectivity index (χ4v) is 2.67. The van der Waals surface area contributed by atoms with Crippen molar-refractivity contribution in [2.24, 2.45) is 0 Å². The Morgan fingerprint density at radius 2 is 1.81 bits per heavy atom. The summed E-state index contributed by atoms with van der Waals surface area (Å²) in [5.74, 6) is 0. The number of aliphatic hydroxyl groups excluding tert-OH is 1. The second-order valence-electron chi connectivity index (χ2n) is 4.22. The summed E-state index contributed by atoms with van der Waals surface area (Å²) in [7, 11) is 0. The van der Waals surface area contributed by atoms with Crippen LogP contribution in [-0.2, 0) is 6.42 Å². The molecule has 0 spiro atoms. The standard InChI is InChI=1S/C14H16OS/c1-10-3-5-12(6-4-10)7-14(15)13-9-16-8-11(13)2/h3-6,8-9,14-15H,7H2,1-2H3. The van der Waals surface area contributed by atoms with E-state index in [1.807, 2.05) is 12.3 Å². The number of hydrogen-bond acceptors (Lipinski definition) is 2. The van der Waals surface area contributed by atoms with Crippen LogP contribution < -0.4 is 0 Å². The molecule has 84 valence electrons. The van der Waals surface area contributed by atoms with Crippen LogP contribution in [0.1, 0.15) is 28.4 Å². The van der Waals surface area contributed by atoms with Crippen molar-refractivity contribution in [3.8, 4) is 0 Å². The summed E-state index contributed by atoms with van der Waals surface area (Å²) in [4.78, 5) is 0. The molecule has 1 nitrogen and oxygen atoms in total. The van der Waals surface area contributed by atoms with Gasteiger partial charge in [-0.25, -0.2) is 0 Å². The Bertz CT molecular complexity index is 456. The number of aliphatic hydroxyl groups is 1. The van der Waals surface area contributed by atoms with Gasteiger partial charge in [0.25, 0.3) is 0 Å². The van der Waals surface area contributed by atoms with E-state index in [2.05, 4.69) is 36.6 Å². The maximum atomic E-state index is 10.1. The van der Waals surface area contributed by atoms with E-state index in [1.165, 1.54) is 16.7 Å². The van der Waals surface area contributed by atoms with Gasteiger partial charge in [-0.2, -0.15) is 11.3 Å². The van der Waals surface area contributed by atoms with Gasteiger partial charge in [-0.3, -0.25) is 0 Å². The van der Waals surface area contributed by atoms with E-state index in [9.17, 15) is 5.11 Å². The maximum Gasteiger partial charge on any atom is 0.0840 e. The van der Waals surface area contributed by atoms with Crippen LogP contribution in [0.2, 0.25) is 0 Å². The second-order valence-corrected chi connectivity index (χ2v) is 4.96. The highest BCUT2D eigenvalue weighted by atomic mass is 32.1. The second kappa shape index (κ2) is 4.81. The monoisotopic (exact) mass is 232 g/mol. The highest BCUT2D eigenvalue weighted by Crippen LogP contribution is 2.24. The van der Waals surface area contributed by atoms with E-state index in [0.717, 1.165) is 5.56 Å². The van der Waals surface area contributed by atoms with E-state index < -0.39 is 0 Å². The summed E-state index contributed by atoms with van der Waals surface area (Å²) in [5, 5.41) is 14.2. The van der Waals surface area contributed by atoms with Gasteiger partial charge in [0, 0.05) is 6.42 Å². The molecule has 0 aliphatic rings. The van der Waals surface area contributed by atoms with E-state index in [0.29, 0.717) is 6.42 Å². The van der Waals surface area contributed by atoms with Crippen molar-refractivity contribution in [3.63, 3.8) is 0 Å². The Morgan fingerprint density at radius 3 is 2.38 bits per heavy atom. The minimum absolute atomic E-state index is 0.381. The molecule has 1 atom stereocenters. The van der Waals surface area contributed by atoms with Crippen molar-refractivity contribution < 1.29 is 5.11 Å². The molecule has 1 unspecified atom stereocenters. The SMILES string of the molecule is Cc1ccc(CC(O)c2cscc2C)cc1. The summed E-state index contributed by atoms with van der Waals surface area (Å²) >= 11 is 1.65. The number of aryl methyl sites for hydroxylation is 2. The van der Waals surface area contributed by atoms with Crippen molar-refractivity contribution in [2.45, 2.75) is 26.4 Å². The van der Waals surface area contributed by atoms with Gasteiger partial charge in [-0.05, 0) is 41.3 Å². The molecule has 2 aromatic rings. The molecule has 0 aliphatic carbocycles. The van der Waals surface area contributed by atoms with Gasteiger partial charge in [-0.1, -0.05) is 29.8 Å². The van der Waals surface area contributed by atoms with Gasteiger partial charge in [0.1, 0.15) is 0 Å². The van der Waals surface area contributed by atoms with Crippen molar-refractivity contribution in [1.29, 1.82) is 0 Å². The lowest BCUT2D eigenvalue weighted by Gasteiger charge is -2.10. The predicted octanol–water partition coefficient (Wildman–Crippen LogP) is 3.64. The summed E-state index contributed by atoms with van der Waals surface area (Å²) in [6.45, 7) is 4.12. The first-order chi connectivity index (χ1) is 7.66. The summed E-state index contributed by atoms with van der Waals surface area (Å²) < 4.78 is 0. The Morgan fingerprint density at radius 1 is 1.12 bits per heavy atom. The zero-order valence-corrected chi connectivity index (χ0v) is 10.4. The van der Waals surface area contributed by atoms with Crippen LogP contribution in [0, 0.1) is 13.8 Å². The zero-order valence-electron chi connectivity index (χ0n) is 9.60. The molecule has 16 heavy (non-hydrogen) atoms. The topological polar surface area (TPSA) is 20.2 Å². The number of benzene rings is 1. The Hall–Kier alpha value is -1.12. The molecular formula is C14H16OS. The molecule has 1 aromatic heterocycles. The van der Waals surface area contributed by atoms with Gasteiger partial charge >= 0.3 is 0 Å². The van der Waals surface area contributed by atoms with E-state index >= 15 is 0 Å². The fraction of sp³-hybridized carbons (Fsp3) is 0.286. The average molecular weight is 232 g/mol. The minimum Gasteiger partial charge on any atom is -0.388 e. The summed E-state index contributed by atoms with van der Waals surface area (Å²) in [5.41, 5.74) is 4.68. The summed E-state index contributed by atoms with van der Waals surface area (Å²) in [6, 6.07) is 8.34. The van der Waals surface area contributed by atoms with Crippen molar-refractivity contribution in [3.05, 3.63) is 57.3 Å². The van der Waals surface area contributed by atoms with Gasteiger partial charge in [0.15, 0.2) is 0 Å². The number of hydrogen-bond donors (Lipinski definition) is 1. The predicted molar refractivity (Wildman–Crippen MR) is 68.9 cm³/mol. The first-order valence-electron chi connectivity index (χ1n) is 5.43. The quantitative estimate of drug-likeness (QED) is 0.856. The van der Waals surface area contributed by atoms with Gasteiger partial charge in [0.2, 0.25) is 0 Å². The van der Waals surface area contributed by atoms with Crippen molar-refractivity contribution in [2.75, 3.05) is 0 Å². The molecule has 2 rings (SSSR count). The first-order valence-corrected chi connectivity index (χ1v) is 6.37. The van der Waals surface area contributed by atoms with E-state index in [1.54, 1.807) is 11.3 Å². The lowest BCUT2D eigenvalue weighted by atomic mass is 10.0. The normalized spacial score (nSPS) is 12.7. The zero-order chi connectivity index (χ0) is 11.5. The lowest BCUT2D eigenvalue weighted by molar-refractivity contribution is 0.178. The fourth-order valence-electron chi connectivity index (χ4n) is 1.77. The molecule has 0 bridgehead atoms. The Labute approximate surface area is 100 Å². The summed E-state index contributed by atoms with van der Waals surface area (Å²) in [6.07, 6.45) is 0.312. The molecule has 0 fully saturated rings. The van der Waals surface area contributed by atoms with Crippen LogP contribution in [0.4, 0.5) is 0 Å². The van der Waals surface area contributed by atoms with E-state index in [4.69, 9.17) is 0 Å². The molecular weight excluding hydrogens is 216 g/mol. The van der Waals surface area contributed by atoms with Gasteiger partial charge in [0.05, 0.1) is 6.10 Å². The van der Waals surface area contributed by atoms with Gasteiger partial charge < -0.3 is 5.11 Å². The highest BCUT2D eigenvalue weighted by molar-refractivity contribution is 7.08. The third-order valence-electron chi connectivity index (χ3n) is 2.80. The first kappa shape index (κ1) is 11.4. The van der Waals surface area contributed by atoms with Crippen LogP contribution >= 0.6 is 11.3 Å². The average Bonchev–Trinajstić information content (AvgIpc) is 2.68. The molecule has 0 saturated carbocycles. The molecule has 0 saturated heterocycles. The van der Waals surface area contributed by atoms with Crippen LogP contribution in [0.15, 0.2) is 35.0 Å².